The van der Waals surface area contributed by atoms with Crippen LogP contribution in [0.3, 0.4) is 0 Å². The Morgan fingerprint density at radius 2 is 2.05 bits per heavy atom. The van der Waals surface area contributed by atoms with Crippen molar-refractivity contribution >= 4 is 40.1 Å². The number of nitrogens with one attached hydrogen (secondary N) is 2. The lowest BCUT2D eigenvalue weighted by molar-refractivity contribution is -0.110. The summed E-state index contributed by atoms with van der Waals surface area (Å²) in [6.45, 7) is 3.47. The number of H-pyrrole nitrogens is 1. The smallest absolute Gasteiger partial charge is 0.256 e. The normalized spacial score (nSPS) is 15.1. The highest BCUT2D eigenvalue weighted by Crippen LogP contribution is 2.34. The molecular formula is C16H12ClFN2O2. The van der Waals surface area contributed by atoms with E-state index in [9.17, 15) is 14.0 Å². The van der Waals surface area contributed by atoms with E-state index in [1.54, 1.807) is 19.9 Å². The highest BCUT2D eigenvalue weighted by atomic mass is 35.5. The molecule has 1 aromatic heterocycles. The largest absolute Gasteiger partial charge is 0.358 e. The zero-order valence-corrected chi connectivity index (χ0v) is 12.6. The number of aryl methyl sites for hydroxylation is 1. The number of anilines is 1. The number of carbonyl (C=O) groups is 2. The van der Waals surface area contributed by atoms with Gasteiger partial charge in [-0.05, 0) is 55.3 Å². The van der Waals surface area contributed by atoms with E-state index in [0.29, 0.717) is 39.3 Å². The Balaban J connectivity index is 2.15. The number of rotatable bonds is 2. The molecule has 2 N–H and O–H groups in total. The lowest BCUT2D eigenvalue weighted by atomic mass is 10.0. The van der Waals surface area contributed by atoms with Gasteiger partial charge in [0.15, 0.2) is 0 Å². The van der Waals surface area contributed by atoms with Crippen molar-refractivity contribution < 1.29 is 14.0 Å². The van der Waals surface area contributed by atoms with E-state index in [2.05, 4.69) is 10.3 Å². The van der Waals surface area contributed by atoms with Crippen LogP contribution in [0.2, 0.25) is 0 Å². The van der Waals surface area contributed by atoms with Gasteiger partial charge in [-0.25, -0.2) is 4.39 Å². The first-order valence-corrected chi connectivity index (χ1v) is 6.98. The number of fused-ring (bicyclic) bond motifs is 1. The molecule has 3 rings (SSSR count). The second-order valence-electron chi connectivity index (χ2n) is 5.14. The van der Waals surface area contributed by atoms with E-state index in [4.69, 9.17) is 11.6 Å². The van der Waals surface area contributed by atoms with E-state index >= 15 is 0 Å². The predicted octanol–water partition coefficient (Wildman–Crippen LogP) is 3.64. The second-order valence-corrected chi connectivity index (χ2v) is 5.48. The number of benzene rings is 1. The number of hydrogen-bond acceptors (Lipinski definition) is 2. The quantitative estimate of drug-likeness (QED) is 0.656. The van der Waals surface area contributed by atoms with Crippen molar-refractivity contribution in [3.63, 3.8) is 0 Å². The van der Waals surface area contributed by atoms with Gasteiger partial charge in [-0.1, -0.05) is 0 Å². The lowest BCUT2D eigenvalue weighted by Gasteiger charge is -1.99. The number of halogens is 2. The maximum atomic E-state index is 13.4. The van der Waals surface area contributed by atoms with Crippen LogP contribution in [-0.2, 0) is 4.79 Å². The summed E-state index contributed by atoms with van der Waals surface area (Å²) in [6, 6.07) is 4.11. The zero-order valence-electron chi connectivity index (χ0n) is 11.9. The molecule has 0 atom stereocenters. The SMILES string of the molecule is Cc1[nH]c(/C=C2\C(=O)Nc3ccc(F)cc32)c(C)c1C(=O)Cl. The van der Waals surface area contributed by atoms with Crippen LogP contribution in [0, 0.1) is 19.7 Å². The van der Waals surface area contributed by atoms with Crippen LogP contribution >= 0.6 is 11.6 Å². The minimum absolute atomic E-state index is 0.314. The summed E-state index contributed by atoms with van der Waals surface area (Å²) in [4.78, 5) is 26.5. The number of aromatic amines is 1. The molecule has 112 valence electrons. The summed E-state index contributed by atoms with van der Waals surface area (Å²) in [5.74, 6) is -0.733. The van der Waals surface area contributed by atoms with E-state index in [-0.39, 0.29) is 5.91 Å². The Morgan fingerprint density at radius 1 is 1.32 bits per heavy atom. The van der Waals surface area contributed by atoms with Crippen LogP contribution in [-0.4, -0.2) is 16.1 Å². The first kappa shape index (κ1) is 14.5. The number of carbonyl (C=O) groups excluding carboxylic acids is 2. The molecule has 1 aliphatic heterocycles. The van der Waals surface area contributed by atoms with E-state index in [0.717, 1.165) is 0 Å². The van der Waals surface area contributed by atoms with Crippen molar-refractivity contribution in [1.29, 1.82) is 0 Å². The molecule has 2 aromatic rings. The van der Waals surface area contributed by atoms with Crippen LogP contribution < -0.4 is 5.32 Å². The summed E-state index contributed by atoms with van der Waals surface area (Å²) in [6.07, 6.45) is 1.60. The van der Waals surface area contributed by atoms with Crippen molar-refractivity contribution in [2.75, 3.05) is 5.32 Å². The molecule has 0 aliphatic carbocycles. The second kappa shape index (κ2) is 5.10. The topological polar surface area (TPSA) is 62.0 Å². The van der Waals surface area contributed by atoms with Crippen molar-refractivity contribution in [2.24, 2.45) is 0 Å². The molecule has 0 saturated heterocycles. The van der Waals surface area contributed by atoms with Crippen LogP contribution in [0.4, 0.5) is 10.1 Å². The molecule has 0 saturated carbocycles. The van der Waals surface area contributed by atoms with Gasteiger partial charge in [0.2, 0.25) is 0 Å². The van der Waals surface area contributed by atoms with E-state index in [1.165, 1.54) is 18.2 Å². The standard InChI is InChI=1S/C16H12ClFN2O2/c1-7-13(19-8(2)14(7)15(17)21)6-11-10-5-9(18)3-4-12(10)20-16(11)22/h3-6,19H,1-2H3,(H,20,22)/b11-6-. The first-order chi connectivity index (χ1) is 10.4. The fourth-order valence-electron chi connectivity index (χ4n) is 2.66. The predicted molar refractivity (Wildman–Crippen MR) is 83.4 cm³/mol. The molecule has 1 aromatic carbocycles. The third-order valence-corrected chi connectivity index (χ3v) is 3.91. The molecular weight excluding hydrogens is 307 g/mol. The minimum atomic E-state index is -0.557. The Kier molecular flexibility index (Phi) is 3.37. The van der Waals surface area contributed by atoms with Gasteiger partial charge >= 0.3 is 0 Å². The van der Waals surface area contributed by atoms with Crippen molar-refractivity contribution in [2.45, 2.75) is 13.8 Å². The Morgan fingerprint density at radius 3 is 2.68 bits per heavy atom. The molecule has 0 spiro atoms. The fraction of sp³-hybridized carbons (Fsp3) is 0.125. The van der Waals surface area contributed by atoms with Crippen molar-refractivity contribution in [3.8, 4) is 0 Å². The summed E-state index contributed by atoms with van der Waals surface area (Å²) in [5, 5.41) is 2.12. The molecule has 0 radical (unpaired) electrons. The third kappa shape index (κ3) is 2.23. The molecule has 1 amide bonds. The molecule has 1 aliphatic rings. The van der Waals surface area contributed by atoms with Gasteiger partial charge in [-0.15, -0.1) is 0 Å². The van der Waals surface area contributed by atoms with Gasteiger partial charge < -0.3 is 10.3 Å². The van der Waals surface area contributed by atoms with Gasteiger partial charge in [0.25, 0.3) is 11.1 Å². The Bertz CT molecular complexity index is 852. The highest BCUT2D eigenvalue weighted by molar-refractivity contribution is 6.68. The monoisotopic (exact) mass is 318 g/mol. The third-order valence-electron chi connectivity index (χ3n) is 3.73. The molecule has 22 heavy (non-hydrogen) atoms. The minimum Gasteiger partial charge on any atom is -0.358 e. The maximum absolute atomic E-state index is 13.4. The summed E-state index contributed by atoms with van der Waals surface area (Å²) in [5.41, 5.74) is 3.68. The molecule has 0 fully saturated rings. The zero-order chi connectivity index (χ0) is 16.0. The van der Waals surface area contributed by atoms with Gasteiger partial charge in [-0.2, -0.15) is 0 Å². The van der Waals surface area contributed by atoms with Gasteiger partial charge in [0.1, 0.15) is 5.82 Å². The molecule has 4 nitrogen and oxygen atoms in total. The van der Waals surface area contributed by atoms with E-state index in [1.807, 2.05) is 0 Å². The van der Waals surface area contributed by atoms with Gasteiger partial charge in [-0.3, -0.25) is 9.59 Å². The van der Waals surface area contributed by atoms with Crippen molar-refractivity contribution in [3.05, 3.63) is 52.1 Å². The number of amides is 1. The first-order valence-electron chi connectivity index (χ1n) is 6.60. The molecule has 6 heteroatoms. The fourth-order valence-corrected chi connectivity index (χ4v) is 2.94. The van der Waals surface area contributed by atoms with Crippen LogP contribution in [0.1, 0.15) is 32.9 Å². The molecule has 0 bridgehead atoms. The average Bonchev–Trinajstić information content (AvgIpc) is 2.88. The number of hydrogen-bond donors (Lipinski definition) is 2. The molecule has 0 unspecified atom stereocenters. The van der Waals surface area contributed by atoms with Gasteiger partial charge in [0.05, 0.1) is 11.1 Å². The van der Waals surface area contributed by atoms with E-state index < -0.39 is 11.1 Å². The van der Waals surface area contributed by atoms with Crippen LogP contribution in [0.15, 0.2) is 18.2 Å². The Hall–Kier alpha value is -2.40. The van der Waals surface area contributed by atoms with Gasteiger partial charge in [0, 0.05) is 22.6 Å². The summed E-state index contributed by atoms with van der Waals surface area (Å²) >= 11 is 5.57. The van der Waals surface area contributed by atoms with Crippen molar-refractivity contribution in [1.82, 2.24) is 4.98 Å². The average molecular weight is 319 g/mol. The molecule has 2 heterocycles. The number of aromatic nitrogens is 1. The summed E-state index contributed by atoms with van der Waals surface area (Å²) in [7, 11) is 0. The summed E-state index contributed by atoms with van der Waals surface area (Å²) < 4.78 is 13.4. The lowest BCUT2D eigenvalue weighted by Crippen LogP contribution is -2.03. The maximum Gasteiger partial charge on any atom is 0.256 e. The van der Waals surface area contributed by atoms with Crippen LogP contribution in [0.25, 0.3) is 11.6 Å². The highest BCUT2D eigenvalue weighted by Gasteiger charge is 2.25. The van der Waals surface area contributed by atoms with Crippen LogP contribution in [0.5, 0.6) is 0 Å². The Labute approximate surface area is 131 Å².